The Morgan fingerprint density at radius 2 is 1.79 bits per heavy atom. The molecule has 0 spiro atoms. The Hall–Kier alpha value is -0.860. The average molecular weight is 214 g/mol. The van der Waals surface area contributed by atoms with Gasteiger partial charge in [0, 0.05) is 6.42 Å². The molecular formula is C11H16ClNO. The Bertz CT molecular complexity index is 290. The first-order valence-corrected chi connectivity index (χ1v) is 4.36. The summed E-state index contributed by atoms with van der Waals surface area (Å²) >= 11 is 0. The molecule has 0 aliphatic rings. The van der Waals surface area contributed by atoms with E-state index < -0.39 is 5.54 Å². The Morgan fingerprint density at radius 1 is 1.29 bits per heavy atom. The van der Waals surface area contributed by atoms with E-state index in [0.29, 0.717) is 6.42 Å². The van der Waals surface area contributed by atoms with Gasteiger partial charge in [-0.15, -0.1) is 12.4 Å². The molecule has 3 heteroatoms. The van der Waals surface area contributed by atoms with Crippen LogP contribution < -0.4 is 5.73 Å². The third kappa shape index (κ3) is 3.90. The number of Topliss-reactive ketones (excluding diaryl/α,β-unsaturated/α-hetero) is 1. The van der Waals surface area contributed by atoms with Crippen molar-refractivity contribution in [3.05, 3.63) is 35.9 Å². The highest BCUT2D eigenvalue weighted by Gasteiger charge is 2.21. The minimum absolute atomic E-state index is 0. The third-order valence-electron chi connectivity index (χ3n) is 1.93. The summed E-state index contributed by atoms with van der Waals surface area (Å²) in [6.45, 7) is 3.47. The lowest BCUT2D eigenvalue weighted by Crippen LogP contribution is -2.42. The molecule has 1 rings (SSSR count). The maximum absolute atomic E-state index is 11.5. The van der Waals surface area contributed by atoms with Crippen LogP contribution >= 0.6 is 12.4 Å². The van der Waals surface area contributed by atoms with E-state index in [9.17, 15) is 4.79 Å². The predicted octanol–water partition coefficient (Wildman–Crippen LogP) is 1.96. The van der Waals surface area contributed by atoms with Gasteiger partial charge in [0.2, 0.25) is 0 Å². The summed E-state index contributed by atoms with van der Waals surface area (Å²) in [6, 6.07) is 9.65. The number of hydrogen-bond donors (Lipinski definition) is 1. The van der Waals surface area contributed by atoms with Gasteiger partial charge in [-0.3, -0.25) is 4.79 Å². The summed E-state index contributed by atoms with van der Waals surface area (Å²) in [7, 11) is 0. The van der Waals surface area contributed by atoms with Gasteiger partial charge in [0.1, 0.15) is 0 Å². The molecule has 0 radical (unpaired) electrons. The van der Waals surface area contributed by atoms with Gasteiger partial charge in [0.15, 0.2) is 5.78 Å². The van der Waals surface area contributed by atoms with Crippen molar-refractivity contribution in [3.8, 4) is 0 Å². The predicted molar refractivity (Wildman–Crippen MR) is 60.7 cm³/mol. The molecule has 0 saturated heterocycles. The smallest absolute Gasteiger partial charge is 0.156 e. The van der Waals surface area contributed by atoms with E-state index in [0.717, 1.165) is 5.56 Å². The molecule has 0 bridgehead atoms. The Labute approximate surface area is 90.9 Å². The number of benzene rings is 1. The zero-order chi connectivity index (χ0) is 9.90. The molecule has 0 unspecified atom stereocenters. The molecule has 0 aromatic heterocycles. The largest absolute Gasteiger partial charge is 0.319 e. The number of nitrogens with two attached hydrogens (primary N) is 1. The number of carbonyl (C=O) groups excluding carboxylic acids is 1. The number of ketones is 1. The Morgan fingerprint density at radius 3 is 2.21 bits per heavy atom. The fourth-order valence-corrected chi connectivity index (χ4v) is 1.01. The lowest BCUT2D eigenvalue weighted by atomic mass is 9.95. The summed E-state index contributed by atoms with van der Waals surface area (Å²) in [4.78, 5) is 11.5. The van der Waals surface area contributed by atoms with Crippen molar-refractivity contribution in [2.24, 2.45) is 5.73 Å². The quantitative estimate of drug-likeness (QED) is 0.834. The molecule has 0 aliphatic carbocycles. The number of hydrogen-bond acceptors (Lipinski definition) is 2. The molecule has 0 amide bonds. The van der Waals surface area contributed by atoms with E-state index in [1.165, 1.54) is 0 Å². The first kappa shape index (κ1) is 13.1. The normalized spacial score (nSPS) is 10.5. The maximum Gasteiger partial charge on any atom is 0.156 e. The number of carbonyl (C=O) groups is 1. The second-order valence-electron chi connectivity index (χ2n) is 3.81. The van der Waals surface area contributed by atoms with Crippen LogP contribution in [0.3, 0.4) is 0 Å². The van der Waals surface area contributed by atoms with Crippen molar-refractivity contribution in [2.45, 2.75) is 25.8 Å². The lowest BCUT2D eigenvalue weighted by Gasteiger charge is -2.16. The summed E-state index contributed by atoms with van der Waals surface area (Å²) < 4.78 is 0. The van der Waals surface area contributed by atoms with Crippen molar-refractivity contribution < 1.29 is 4.79 Å². The molecule has 0 atom stereocenters. The van der Waals surface area contributed by atoms with Gasteiger partial charge < -0.3 is 5.73 Å². The lowest BCUT2D eigenvalue weighted by molar-refractivity contribution is -0.122. The van der Waals surface area contributed by atoms with Crippen LogP contribution in [-0.4, -0.2) is 11.3 Å². The van der Waals surface area contributed by atoms with Gasteiger partial charge in [-0.2, -0.15) is 0 Å². The Balaban J connectivity index is 0.00000169. The standard InChI is InChI=1S/C11H15NO.ClH/c1-11(2,12)10(13)8-9-6-4-3-5-7-9;/h3-7H,8,12H2,1-2H3;1H. The van der Waals surface area contributed by atoms with Crippen LogP contribution in [0.15, 0.2) is 30.3 Å². The van der Waals surface area contributed by atoms with Gasteiger partial charge >= 0.3 is 0 Å². The monoisotopic (exact) mass is 213 g/mol. The second-order valence-corrected chi connectivity index (χ2v) is 3.81. The van der Waals surface area contributed by atoms with Crippen LogP contribution in [0.1, 0.15) is 19.4 Å². The van der Waals surface area contributed by atoms with Gasteiger partial charge in [-0.1, -0.05) is 30.3 Å². The molecule has 1 aromatic rings. The molecule has 0 fully saturated rings. The minimum Gasteiger partial charge on any atom is -0.319 e. The fourth-order valence-electron chi connectivity index (χ4n) is 1.01. The summed E-state index contributed by atoms with van der Waals surface area (Å²) in [6.07, 6.45) is 0.421. The highest BCUT2D eigenvalue weighted by Crippen LogP contribution is 2.06. The third-order valence-corrected chi connectivity index (χ3v) is 1.93. The molecular weight excluding hydrogens is 198 g/mol. The van der Waals surface area contributed by atoms with Gasteiger partial charge in [-0.25, -0.2) is 0 Å². The first-order chi connectivity index (χ1) is 6.00. The van der Waals surface area contributed by atoms with Crippen molar-refractivity contribution in [1.82, 2.24) is 0 Å². The average Bonchev–Trinajstić information content (AvgIpc) is 2.04. The maximum atomic E-state index is 11.5. The van der Waals surface area contributed by atoms with Gasteiger partial charge in [0.05, 0.1) is 5.54 Å². The van der Waals surface area contributed by atoms with Crippen molar-refractivity contribution in [1.29, 1.82) is 0 Å². The number of rotatable bonds is 3. The van der Waals surface area contributed by atoms with E-state index >= 15 is 0 Å². The Kier molecular flexibility index (Phi) is 4.81. The van der Waals surface area contributed by atoms with Crippen LogP contribution in [0, 0.1) is 0 Å². The summed E-state index contributed by atoms with van der Waals surface area (Å²) in [5.41, 5.74) is 5.97. The van der Waals surface area contributed by atoms with Crippen LogP contribution in [0.4, 0.5) is 0 Å². The van der Waals surface area contributed by atoms with Gasteiger partial charge in [0.25, 0.3) is 0 Å². The second kappa shape index (κ2) is 5.13. The first-order valence-electron chi connectivity index (χ1n) is 4.36. The SMILES string of the molecule is CC(C)(N)C(=O)Cc1ccccc1.Cl. The summed E-state index contributed by atoms with van der Waals surface area (Å²) in [5, 5.41) is 0. The number of halogens is 1. The zero-order valence-electron chi connectivity index (χ0n) is 8.49. The van der Waals surface area contributed by atoms with Crippen molar-refractivity contribution >= 4 is 18.2 Å². The zero-order valence-corrected chi connectivity index (χ0v) is 9.30. The molecule has 14 heavy (non-hydrogen) atoms. The fraction of sp³-hybridized carbons (Fsp3) is 0.364. The molecule has 0 saturated carbocycles. The van der Waals surface area contributed by atoms with Crippen molar-refractivity contribution in [2.75, 3.05) is 0 Å². The van der Waals surface area contributed by atoms with E-state index in [-0.39, 0.29) is 18.2 Å². The molecule has 1 aromatic carbocycles. The van der Waals surface area contributed by atoms with Crippen LogP contribution in [-0.2, 0) is 11.2 Å². The minimum atomic E-state index is -0.726. The van der Waals surface area contributed by atoms with E-state index in [1.807, 2.05) is 30.3 Å². The molecule has 78 valence electrons. The summed E-state index contributed by atoms with van der Waals surface area (Å²) in [5.74, 6) is 0.0682. The topological polar surface area (TPSA) is 43.1 Å². The highest BCUT2D eigenvalue weighted by atomic mass is 35.5. The van der Waals surface area contributed by atoms with Crippen LogP contribution in [0.2, 0.25) is 0 Å². The van der Waals surface area contributed by atoms with E-state index in [1.54, 1.807) is 13.8 Å². The van der Waals surface area contributed by atoms with E-state index in [2.05, 4.69) is 0 Å². The van der Waals surface area contributed by atoms with Gasteiger partial charge in [-0.05, 0) is 19.4 Å². The molecule has 2 nitrogen and oxygen atoms in total. The van der Waals surface area contributed by atoms with E-state index in [4.69, 9.17) is 5.73 Å². The highest BCUT2D eigenvalue weighted by molar-refractivity contribution is 5.89. The van der Waals surface area contributed by atoms with Crippen LogP contribution in [0.25, 0.3) is 0 Å². The molecule has 0 aliphatic heterocycles. The molecule has 0 heterocycles. The van der Waals surface area contributed by atoms with Crippen LogP contribution in [0.5, 0.6) is 0 Å². The molecule has 2 N–H and O–H groups in total. The van der Waals surface area contributed by atoms with Crippen molar-refractivity contribution in [3.63, 3.8) is 0 Å².